The SMILES string of the molecule is CN(C)CCn1ccnc1[C@H]1CCCN(C(=O)CNC(N)=O)C1. The molecule has 8 heteroatoms. The fourth-order valence-electron chi connectivity index (χ4n) is 2.87. The van der Waals surface area contributed by atoms with Crippen LogP contribution in [0.1, 0.15) is 24.6 Å². The van der Waals surface area contributed by atoms with Crippen molar-refractivity contribution in [1.29, 1.82) is 0 Å². The van der Waals surface area contributed by atoms with Crippen LogP contribution >= 0.6 is 0 Å². The largest absolute Gasteiger partial charge is 0.352 e. The van der Waals surface area contributed by atoms with Gasteiger partial charge in [-0.1, -0.05) is 0 Å². The molecule has 1 aliphatic heterocycles. The Morgan fingerprint density at radius 3 is 2.96 bits per heavy atom. The van der Waals surface area contributed by atoms with E-state index in [1.165, 1.54) is 0 Å². The summed E-state index contributed by atoms with van der Waals surface area (Å²) >= 11 is 0. The molecular weight excluding hydrogens is 296 g/mol. The first kappa shape index (κ1) is 17.3. The Balaban J connectivity index is 1.97. The van der Waals surface area contributed by atoms with Gasteiger partial charge in [0.05, 0.1) is 6.54 Å². The highest BCUT2D eigenvalue weighted by Gasteiger charge is 2.27. The number of nitrogens with two attached hydrogens (primary N) is 1. The van der Waals surface area contributed by atoms with Crippen molar-refractivity contribution in [3.05, 3.63) is 18.2 Å². The van der Waals surface area contributed by atoms with E-state index >= 15 is 0 Å². The van der Waals surface area contributed by atoms with Gasteiger partial charge in [-0.3, -0.25) is 4.79 Å². The number of hydrogen-bond donors (Lipinski definition) is 2. The molecule has 0 radical (unpaired) electrons. The molecule has 3 N–H and O–H groups in total. The molecule has 1 aliphatic rings. The summed E-state index contributed by atoms with van der Waals surface area (Å²) in [4.78, 5) is 31.3. The van der Waals surface area contributed by atoms with Crippen LogP contribution < -0.4 is 11.1 Å². The number of hydrogen-bond acceptors (Lipinski definition) is 4. The van der Waals surface area contributed by atoms with Gasteiger partial charge in [0.25, 0.3) is 0 Å². The lowest BCUT2D eigenvalue weighted by molar-refractivity contribution is -0.131. The predicted octanol–water partition coefficient (Wildman–Crippen LogP) is -0.181. The normalized spacial score (nSPS) is 18.2. The lowest BCUT2D eigenvalue weighted by atomic mass is 9.97. The molecule has 0 spiro atoms. The van der Waals surface area contributed by atoms with Crippen LogP contribution in [0.3, 0.4) is 0 Å². The van der Waals surface area contributed by atoms with Crippen LogP contribution in [0.25, 0.3) is 0 Å². The minimum atomic E-state index is -0.675. The molecule has 8 nitrogen and oxygen atoms in total. The molecule has 1 aromatic rings. The number of carbonyl (C=O) groups excluding carboxylic acids is 2. The Bertz CT molecular complexity index is 542. The van der Waals surface area contributed by atoms with Crippen molar-refractivity contribution in [1.82, 2.24) is 24.7 Å². The maximum absolute atomic E-state index is 12.1. The van der Waals surface area contributed by atoms with Crippen LogP contribution in [0.5, 0.6) is 0 Å². The molecule has 0 bridgehead atoms. The molecule has 0 unspecified atom stereocenters. The molecule has 2 rings (SSSR count). The van der Waals surface area contributed by atoms with E-state index in [9.17, 15) is 9.59 Å². The Hall–Kier alpha value is -2.09. The number of amides is 3. The number of imidazole rings is 1. The molecule has 1 aromatic heterocycles. The summed E-state index contributed by atoms with van der Waals surface area (Å²) in [5.41, 5.74) is 5.01. The van der Waals surface area contributed by atoms with Crippen LogP contribution in [0.15, 0.2) is 12.4 Å². The van der Waals surface area contributed by atoms with E-state index in [4.69, 9.17) is 5.73 Å². The topological polar surface area (TPSA) is 96.5 Å². The maximum atomic E-state index is 12.1. The van der Waals surface area contributed by atoms with E-state index in [0.717, 1.165) is 31.8 Å². The van der Waals surface area contributed by atoms with E-state index < -0.39 is 6.03 Å². The zero-order valence-corrected chi connectivity index (χ0v) is 13.9. The number of piperidine rings is 1. The van der Waals surface area contributed by atoms with Crippen LogP contribution in [-0.2, 0) is 11.3 Å². The van der Waals surface area contributed by atoms with Crippen LogP contribution in [0, 0.1) is 0 Å². The van der Waals surface area contributed by atoms with E-state index in [1.807, 2.05) is 26.5 Å². The summed E-state index contributed by atoms with van der Waals surface area (Å²) in [5, 5.41) is 2.36. The summed E-state index contributed by atoms with van der Waals surface area (Å²) in [6, 6.07) is -0.675. The van der Waals surface area contributed by atoms with E-state index in [-0.39, 0.29) is 18.4 Å². The van der Waals surface area contributed by atoms with Crippen molar-refractivity contribution in [3.63, 3.8) is 0 Å². The second-order valence-electron chi connectivity index (χ2n) is 6.18. The lowest BCUT2D eigenvalue weighted by Gasteiger charge is -2.32. The van der Waals surface area contributed by atoms with Gasteiger partial charge in [-0.05, 0) is 26.9 Å². The second kappa shape index (κ2) is 7.96. The Labute approximate surface area is 136 Å². The summed E-state index contributed by atoms with van der Waals surface area (Å²) in [7, 11) is 4.09. The monoisotopic (exact) mass is 322 g/mol. The van der Waals surface area contributed by atoms with Crippen molar-refractivity contribution in [2.24, 2.45) is 5.73 Å². The van der Waals surface area contributed by atoms with Gasteiger partial charge >= 0.3 is 6.03 Å². The van der Waals surface area contributed by atoms with Crippen molar-refractivity contribution in [3.8, 4) is 0 Å². The fraction of sp³-hybridized carbons (Fsp3) is 0.667. The first-order valence-electron chi connectivity index (χ1n) is 7.94. The third-order valence-electron chi connectivity index (χ3n) is 4.09. The number of urea groups is 1. The first-order chi connectivity index (χ1) is 11.0. The molecule has 2 heterocycles. The Morgan fingerprint density at radius 2 is 2.26 bits per heavy atom. The maximum Gasteiger partial charge on any atom is 0.312 e. The van der Waals surface area contributed by atoms with Crippen LogP contribution in [-0.4, -0.2) is 71.6 Å². The number of likely N-dealkylation sites (N-methyl/N-ethyl adjacent to an activating group) is 1. The number of likely N-dealkylation sites (tertiary alicyclic amines) is 1. The van der Waals surface area contributed by atoms with Gasteiger partial charge < -0.3 is 25.4 Å². The summed E-state index contributed by atoms with van der Waals surface area (Å²) in [6.45, 7) is 3.14. The van der Waals surface area contributed by atoms with Gasteiger partial charge in [0.15, 0.2) is 0 Å². The molecule has 23 heavy (non-hydrogen) atoms. The van der Waals surface area contributed by atoms with Gasteiger partial charge in [-0.25, -0.2) is 9.78 Å². The minimum Gasteiger partial charge on any atom is -0.352 e. The number of nitrogens with zero attached hydrogens (tertiary/aromatic N) is 4. The zero-order valence-electron chi connectivity index (χ0n) is 13.9. The minimum absolute atomic E-state index is 0.0445. The lowest BCUT2D eigenvalue weighted by Crippen LogP contribution is -2.45. The average Bonchev–Trinajstić information content (AvgIpc) is 2.99. The second-order valence-corrected chi connectivity index (χ2v) is 6.18. The quantitative estimate of drug-likeness (QED) is 0.759. The molecule has 0 aliphatic carbocycles. The molecule has 0 saturated carbocycles. The molecule has 128 valence electrons. The number of nitrogens with one attached hydrogen (secondary N) is 1. The van der Waals surface area contributed by atoms with E-state index in [2.05, 4.69) is 19.8 Å². The fourth-order valence-corrected chi connectivity index (χ4v) is 2.87. The van der Waals surface area contributed by atoms with E-state index in [1.54, 1.807) is 4.90 Å². The Morgan fingerprint density at radius 1 is 1.48 bits per heavy atom. The van der Waals surface area contributed by atoms with Gasteiger partial charge in [0.1, 0.15) is 5.82 Å². The number of primary amides is 1. The van der Waals surface area contributed by atoms with Crippen molar-refractivity contribution in [2.75, 3.05) is 40.3 Å². The van der Waals surface area contributed by atoms with Gasteiger partial charge in [0.2, 0.25) is 5.91 Å². The molecule has 1 fully saturated rings. The van der Waals surface area contributed by atoms with Crippen LogP contribution in [0.2, 0.25) is 0 Å². The van der Waals surface area contributed by atoms with Gasteiger partial charge in [0, 0.05) is 44.5 Å². The van der Waals surface area contributed by atoms with Crippen LogP contribution in [0.4, 0.5) is 4.79 Å². The molecule has 3 amide bonds. The third kappa shape index (κ3) is 4.95. The molecule has 1 atom stereocenters. The van der Waals surface area contributed by atoms with Gasteiger partial charge in [-0.2, -0.15) is 0 Å². The number of rotatable bonds is 6. The predicted molar refractivity (Wildman–Crippen MR) is 86.9 cm³/mol. The number of carbonyl (C=O) groups is 2. The zero-order chi connectivity index (χ0) is 16.8. The molecule has 1 saturated heterocycles. The standard InChI is InChI=1S/C15H26N6O2/c1-19(2)8-9-20-7-5-17-14(20)12-4-3-6-21(11-12)13(22)10-18-15(16)23/h5,7,12H,3-4,6,8-11H2,1-2H3,(H3,16,18,23)/t12-/m0/s1. The number of aromatic nitrogens is 2. The smallest absolute Gasteiger partial charge is 0.312 e. The van der Waals surface area contributed by atoms with Crippen molar-refractivity contribution >= 4 is 11.9 Å². The molecular formula is C15H26N6O2. The first-order valence-corrected chi connectivity index (χ1v) is 7.94. The van der Waals surface area contributed by atoms with Crippen molar-refractivity contribution < 1.29 is 9.59 Å². The summed E-state index contributed by atoms with van der Waals surface area (Å²) in [6.07, 6.45) is 5.77. The Kier molecular flexibility index (Phi) is 5.97. The van der Waals surface area contributed by atoms with Gasteiger partial charge in [-0.15, -0.1) is 0 Å². The third-order valence-corrected chi connectivity index (χ3v) is 4.09. The van der Waals surface area contributed by atoms with Crippen molar-refractivity contribution in [2.45, 2.75) is 25.3 Å². The molecule has 0 aromatic carbocycles. The summed E-state index contributed by atoms with van der Waals surface area (Å²) in [5.74, 6) is 1.17. The average molecular weight is 322 g/mol. The summed E-state index contributed by atoms with van der Waals surface area (Å²) < 4.78 is 2.17. The highest BCUT2D eigenvalue weighted by atomic mass is 16.2. The van der Waals surface area contributed by atoms with E-state index in [0.29, 0.717) is 13.1 Å². The highest BCUT2D eigenvalue weighted by molar-refractivity contribution is 5.83. The highest BCUT2D eigenvalue weighted by Crippen LogP contribution is 2.25.